The molecule has 0 bridgehead atoms. The summed E-state index contributed by atoms with van der Waals surface area (Å²) in [5, 5.41) is 12.4. The molecule has 3 nitrogen and oxygen atoms in total. The molecule has 1 heterocycles. The van der Waals surface area contributed by atoms with Crippen LogP contribution >= 0.6 is 0 Å². The molecule has 0 atom stereocenters. The Kier molecular flexibility index (Phi) is 3.56. The zero-order chi connectivity index (χ0) is 15.1. The minimum absolute atomic E-state index is 0.0506. The van der Waals surface area contributed by atoms with Gasteiger partial charge in [-0.1, -0.05) is 0 Å². The Balaban J connectivity index is 2.61. The van der Waals surface area contributed by atoms with Crippen molar-refractivity contribution in [1.82, 2.24) is 9.78 Å². The van der Waals surface area contributed by atoms with E-state index in [2.05, 4.69) is 5.10 Å². The summed E-state index contributed by atoms with van der Waals surface area (Å²) in [7, 11) is 0. The third kappa shape index (κ3) is 2.53. The molecule has 0 fully saturated rings. The van der Waals surface area contributed by atoms with Crippen molar-refractivity contribution >= 4 is 0 Å². The Morgan fingerprint density at radius 3 is 2.15 bits per heavy atom. The van der Waals surface area contributed by atoms with E-state index in [9.17, 15) is 17.6 Å². The molecule has 0 saturated heterocycles. The lowest BCUT2D eigenvalue weighted by Gasteiger charge is -2.09. The highest BCUT2D eigenvalue weighted by atomic mass is 19.3. The van der Waals surface area contributed by atoms with Gasteiger partial charge >= 0.3 is 0 Å². The van der Waals surface area contributed by atoms with Crippen LogP contribution < -0.4 is 0 Å². The highest BCUT2D eigenvalue weighted by Crippen LogP contribution is 2.28. The second kappa shape index (κ2) is 4.90. The van der Waals surface area contributed by atoms with E-state index >= 15 is 0 Å². The van der Waals surface area contributed by atoms with E-state index in [0.29, 0.717) is 6.92 Å². The number of aromatic nitrogens is 2. The molecule has 1 aromatic heterocycles. The molecule has 0 saturated carbocycles. The Morgan fingerprint density at radius 2 is 1.75 bits per heavy atom. The summed E-state index contributed by atoms with van der Waals surface area (Å²) in [6.45, 7) is 1.55. The molecule has 20 heavy (non-hydrogen) atoms. The first kappa shape index (κ1) is 14.5. The van der Waals surface area contributed by atoms with Gasteiger partial charge in [0, 0.05) is 12.6 Å². The molecule has 0 aliphatic carbocycles. The third-order valence-corrected chi connectivity index (χ3v) is 2.81. The average Bonchev–Trinajstić information content (AvgIpc) is 2.70. The van der Waals surface area contributed by atoms with Crippen LogP contribution in [0.25, 0.3) is 5.69 Å². The van der Waals surface area contributed by atoms with Gasteiger partial charge < -0.3 is 5.11 Å². The number of aliphatic hydroxyl groups is 1. The van der Waals surface area contributed by atoms with Crippen molar-refractivity contribution in [2.24, 2.45) is 0 Å². The molecule has 0 amide bonds. The Labute approximate surface area is 112 Å². The number of nitrogens with zero attached hydrogens (tertiary/aromatic N) is 2. The zero-order valence-electron chi connectivity index (χ0n) is 10.8. The topological polar surface area (TPSA) is 38.0 Å². The summed E-state index contributed by atoms with van der Waals surface area (Å²) in [5.41, 5.74) is -0.888. The van der Waals surface area contributed by atoms with E-state index in [1.54, 1.807) is 0 Å². The molecular formula is C13H12F4N2O. The lowest BCUT2D eigenvalue weighted by Crippen LogP contribution is -2.11. The van der Waals surface area contributed by atoms with Crippen molar-refractivity contribution in [2.45, 2.75) is 26.4 Å². The molecule has 0 aliphatic heterocycles. The number of alkyl halides is 2. The van der Waals surface area contributed by atoms with E-state index in [-0.39, 0.29) is 11.3 Å². The molecule has 1 N–H and O–H groups in total. The number of benzene rings is 1. The van der Waals surface area contributed by atoms with Crippen LogP contribution in [0, 0.1) is 18.6 Å². The fraction of sp³-hybridized carbons (Fsp3) is 0.308. The monoisotopic (exact) mass is 288 g/mol. The zero-order valence-corrected chi connectivity index (χ0v) is 10.8. The van der Waals surface area contributed by atoms with Crippen LogP contribution in [0.4, 0.5) is 17.6 Å². The molecule has 0 spiro atoms. The lowest BCUT2D eigenvalue weighted by molar-refractivity contribution is 0.0124. The highest BCUT2D eigenvalue weighted by molar-refractivity contribution is 5.39. The molecular weight excluding hydrogens is 276 g/mol. The van der Waals surface area contributed by atoms with Gasteiger partial charge in [0.2, 0.25) is 0 Å². The van der Waals surface area contributed by atoms with Gasteiger partial charge in [-0.25, -0.2) is 13.5 Å². The van der Waals surface area contributed by atoms with Crippen molar-refractivity contribution in [1.29, 1.82) is 0 Å². The predicted octanol–water partition coefficient (Wildman–Crippen LogP) is 3.06. The molecule has 2 rings (SSSR count). The number of halogens is 4. The number of hydrogen-bond donors (Lipinski definition) is 1. The van der Waals surface area contributed by atoms with Gasteiger partial charge in [-0.05, 0) is 30.7 Å². The predicted molar refractivity (Wildman–Crippen MR) is 63.7 cm³/mol. The summed E-state index contributed by atoms with van der Waals surface area (Å²) in [4.78, 5) is 0. The smallest absolute Gasteiger partial charge is 0.288 e. The van der Waals surface area contributed by atoms with Gasteiger partial charge in [0.25, 0.3) is 5.92 Å². The molecule has 1 aromatic carbocycles. The molecule has 7 heteroatoms. The second-order valence-electron chi connectivity index (χ2n) is 4.54. The highest BCUT2D eigenvalue weighted by Gasteiger charge is 2.29. The summed E-state index contributed by atoms with van der Waals surface area (Å²) in [6.07, 6.45) is 0. The van der Waals surface area contributed by atoms with Crippen molar-refractivity contribution in [3.8, 4) is 5.69 Å². The first-order valence-corrected chi connectivity index (χ1v) is 5.78. The maximum atomic E-state index is 13.9. The molecule has 0 radical (unpaired) electrons. The average molecular weight is 288 g/mol. The van der Waals surface area contributed by atoms with Gasteiger partial charge in [-0.15, -0.1) is 0 Å². The maximum Gasteiger partial charge on any atom is 0.288 e. The molecule has 0 aliphatic rings. The van der Waals surface area contributed by atoms with Gasteiger partial charge in [0.05, 0.1) is 6.61 Å². The van der Waals surface area contributed by atoms with Crippen LogP contribution in [0.3, 0.4) is 0 Å². The van der Waals surface area contributed by atoms with Crippen LogP contribution in [0.1, 0.15) is 23.9 Å². The Bertz CT molecular complexity index is 623. The minimum atomic E-state index is -3.20. The van der Waals surface area contributed by atoms with Crippen molar-refractivity contribution < 1.29 is 22.7 Å². The second-order valence-corrected chi connectivity index (χ2v) is 4.54. The van der Waals surface area contributed by atoms with E-state index in [1.165, 1.54) is 6.92 Å². The number of rotatable bonds is 3. The van der Waals surface area contributed by atoms with E-state index in [0.717, 1.165) is 22.9 Å². The van der Waals surface area contributed by atoms with Crippen molar-refractivity contribution in [2.75, 3.05) is 0 Å². The minimum Gasteiger partial charge on any atom is -0.392 e. The van der Waals surface area contributed by atoms with Crippen LogP contribution in [0.15, 0.2) is 18.2 Å². The van der Waals surface area contributed by atoms with E-state index in [4.69, 9.17) is 5.11 Å². The van der Waals surface area contributed by atoms with E-state index in [1.807, 2.05) is 0 Å². The number of hydrogen-bond acceptors (Lipinski definition) is 2. The summed E-state index contributed by atoms with van der Waals surface area (Å²) >= 11 is 0. The van der Waals surface area contributed by atoms with Crippen molar-refractivity contribution in [3.63, 3.8) is 0 Å². The Hall–Kier alpha value is -1.89. The first-order chi connectivity index (χ1) is 9.24. The van der Waals surface area contributed by atoms with Crippen LogP contribution in [0.2, 0.25) is 0 Å². The Morgan fingerprint density at radius 1 is 1.20 bits per heavy atom. The molecule has 108 valence electrons. The third-order valence-electron chi connectivity index (χ3n) is 2.81. The van der Waals surface area contributed by atoms with Gasteiger partial charge in [0.1, 0.15) is 11.4 Å². The summed E-state index contributed by atoms with van der Waals surface area (Å²) in [5.74, 6) is -5.16. The quantitative estimate of drug-likeness (QED) is 0.881. The van der Waals surface area contributed by atoms with Gasteiger partial charge in [0.15, 0.2) is 11.6 Å². The fourth-order valence-corrected chi connectivity index (χ4v) is 1.83. The fourth-order valence-electron chi connectivity index (χ4n) is 1.83. The lowest BCUT2D eigenvalue weighted by atomic mass is 10.2. The van der Waals surface area contributed by atoms with Gasteiger partial charge in [-0.2, -0.15) is 13.9 Å². The van der Waals surface area contributed by atoms with Crippen molar-refractivity contribution in [3.05, 3.63) is 46.8 Å². The number of aryl methyl sites for hydroxylation is 1. The summed E-state index contributed by atoms with van der Waals surface area (Å²) < 4.78 is 54.9. The van der Waals surface area contributed by atoms with Crippen LogP contribution in [0.5, 0.6) is 0 Å². The standard InChI is InChI=1S/C13H12F4N2O/c1-7-3-11(13(2,16)17)18-19(7)12-9(14)4-8(6-20)5-10(12)15/h3-5,20H,6H2,1-2H3. The SMILES string of the molecule is Cc1cc(C(C)(F)F)nn1-c1c(F)cc(CO)cc1F. The summed E-state index contributed by atoms with van der Waals surface area (Å²) in [6, 6.07) is 2.94. The normalized spacial score (nSPS) is 11.9. The van der Waals surface area contributed by atoms with Crippen LogP contribution in [-0.4, -0.2) is 14.9 Å². The van der Waals surface area contributed by atoms with E-state index < -0.39 is 35.5 Å². The first-order valence-electron chi connectivity index (χ1n) is 5.78. The molecule has 0 unspecified atom stereocenters. The van der Waals surface area contributed by atoms with Crippen LogP contribution in [-0.2, 0) is 12.5 Å². The maximum absolute atomic E-state index is 13.9. The molecule has 2 aromatic rings. The van der Waals surface area contributed by atoms with Gasteiger partial charge in [-0.3, -0.25) is 0 Å². The number of aliphatic hydroxyl groups excluding tert-OH is 1. The largest absolute Gasteiger partial charge is 0.392 e.